The largest absolute Gasteiger partial charge is 0.416 e. The molecule has 2 N–H and O–H groups in total. The molecule has 43 heavy (non-hydrogen) atoms. The number of benzene rings is 1. The second-order valence-electron chi connectivity index (χ2n) is 9.47. The topological polar surface area (TPSA) is 55.5 Å². The molecule has 1 atom stereocenters. The number of aliphatic imine (C=N–C) groups is 1. The first kappa shape index (κ1) is 42.1. The number of primary amides is 1. The molecule has 0 aliphatic heterocycles. The molecule has 10 heteroatoms. The summed E-state index contributed by atoms with van der Waals surface area (Å²) in [5.74, 6) is -0.0716. The molecule has 0 heterocycles. The number of unbranched alkanes of at least 4 members (excludes halogenated alkanes) is 2. The van der Waals surface area contributed by atoms with Gasteiger partial charge in [-0.1, -0.05) is 95.5 Å². The van der Waals surface area contributed by atoms with E-state index >= 15 is 0 Å². The first-order chi connectivity index (χ1) is 19.9. The molecule has 0 fully saturated rings. The predicted octanol–water partition coefficient (Wildman–Crippen LogP) is 11.0. The maximum absolute atomic E-state index is 12.5. The van der Waals surface area contributed by atoms with E-state index in [0.29, 0.717) is 28.7 Å². The van der Waals surface area contributed by atoms with Gasteiger partial charge in [0.1, 0.15) is 0 Å². The molecule has 3 nitrogen and oxygen atoms in total. The highest BCUT2D eigenvalue weighted by molar-refractivity contribution is 6.31. The Morgan fingerprint density at radius 2 is 1.53 bits per heavy atom. The molecule has 0 aliphatic rings. The van der Waals surface area contributed by atoms with Crippen molar-refractivity contribution in [1.82, 2.24) is 0 Å². The second kappa shape index (κ2) is 21.6. The Balaban J connectivity index is 0. The van der Waals surface area contributed by atoms with Gasteiger partial charge in [0.2, 0.25) is 5.91 Å². The van der Waals surface area contributed by atoms with Gasteiger partial charge in [-0.3, -0.25) is 9.79 Å². The molecule has 0 radical (unpaired) electrons. The van der Waals surface area contributed by atoms with Gasteiger partial charge in [-0.2, -0.15) is 26.3 Å². The number of nitrogens with two attached hydrogens (primary N) is 1. The molecule has 1 unspecified atom stereocenters. The monoisotopic (exact) mass is 634 g/mol. The summed E-state index contributed by atoms with van der Waals surface area (Å²) in [5.41, 5.74) is 4.01. The second-order valence-corrected chi connectivity index (χ2v) is 9.91. The van der Waals surface area contributed by atoms with Crippen LogP contribution < -0.4 is 5.73 Å². The van der Waals surface area contributed by atoms with Crippen LogP contribution in [0.15, 0.2) is 82.4 Å². The van der Waals surface area contributed by atoms with Gasteiger partial charge in [-0.25, -0.2) is 0 Å². The van der Waals surface area contributed by atoms with Crippen LogP contribution in [0.25, 0.3) is 0 Å². The Kier molecular flexibility index (Phi) is 21.1. The molecule has 1 aromatic carbocycles. The lowest BCUT2D eigenvalue weighted by Crippen LogP contribution is -2.15. The van der Waals surface area contributed by atoms with Crippen molar-refractivity contribution in [2.75, 3.05) is 7.05 Å². The standard InChI is InChI=1S/C16H24ClNO.C11H9F6N.C6H12/c1-5-8-9-15(16(18)19)13(10-12(4)6-2)11-14(17)7-3;1-6(18-2)7-3-8(10(12,13)14)5-9(4-7)11(15,16)17;1-3-5-6-4-2/h7,9-12H,3,5-6,8H2,1-2,4H3,(H2,18,19);3-5H,1-2H3;3,5H,4,6H2,1-2H3/b13-10+,14-11+,15-9+;;5-3+. The number of hydrogen-bond acceptors (Lipinski definition) is 2. The normalized spacial score (nSPS) is 14.0. The highest BCUT2D eigenvalue weighted by Crippen LogP contribution is 2.36. The Hall–Kier alpha value is -3.07. The van der Waals surface area contributed by atoms with Gasteiger partial charge in [0.25, 0.3) is 0 Å². The first-order valence-corrected chi connectivity index (χ1v) is 14.4. The minimum Gasteiger partial charge on any atom is -0.366 e. The van der Waals surface area contributed by atoms with Crippen molar-refractivity contribution in [2.45, 2.75) is 86.0 Å². The lowest BCUT2D eigenvalue weighted by molar-refractivity contribution is -0.143. The average molecular weight is 635 g/mol. The van der Waals surface area contributed by atoms with E-state index < -0.39 is 29.4 Å². The van der Waals surface area contributed by atoms with Crippen LogP contribution in [0.5, 0.6) is 0 Å². The molecule has 1 amide bonds. The summed E-state index contributed by atoms with van der Waals surface area (Å²) in [6, 6.07) is 1.39. The SMILES string of the molecule is C/C=C/CCC.C=C\C(Cl)=C/C(=C\C(C)CC)C(=C\CCC)/C(N)=O.CN=C(C)c1cc(C(F)(F)F)cc(C(F)(F)F)c1. The Morgan fingerprint density at radius 1 is 1.02 bits per heavy atom. The molecule has 0 bridgehead atoms. The highest BCUT2D eigenvalue weighted by atomic mass is 35.5. The summed E-state index contributed by atoms with van der Waals surface area (Å²) >= 11 is 5.99. The van der Waals surface area contributed by atoms with E-state index in [4.69, 9.17) is 17.3 Å². The van der Waals surface area contributed by atoms with Gasteiger partial charge in [-0.15, -0.1) is 0 Å². The molecule has 0 aliphatic carbocycles. The third-order valence-corrected chi connectivity index (χ3v) is 6.11. The molecule has 1 rings (SSSR count). The smallest absolute Gasteiger partial charge is 0.366 e. The number of hydrogen-bond donors (Lipinski definition) is 1. The number of allylic oxidation sites excluding steroid dienone is 7. The van der Waals surface area contributed by atoms with Crippen LogP contribution in [0.1, 0.15) is 90.3 Å². The number of nitrogens with zero attached hydrogens (tertiary/aromatic N) is 1. The molecule has 242 valence electrons. The number of rotatable bonds is 11. The Bertz CT molecular complexity index is 1130. The molecule has 1 aromatic rings. The summed E-state index contributed by atoms with van der Waals surface area (Å²) in [7, 11) is 1.29. The minimum atomic E-state index is -4.83. The predicted molar refractivity (Wildman–Crippen MR) is 168 cm³/mol. The minimum absolute atomic E-state index is 0.0897. The Labute approximate surface area is 258 Å². The summed E-state index contributed by atoms with van der Waals surface area (Å²) in [5, 5.41) is 0.498. The van der Waals surface area contributed by atoms with Crippen LogP contribution in [0.3, 0.4) is 0 Å². The van der Waals surface area contributed by atoms with Crippen molar-refractivity contribution >= 4 is 23.2 Å². The van der Waals surface area contributed by atoms with Crippen molar-refractivity contribution in [3.8, 4) is 0 Å². The zero-order valence-corrected chi connectivity index (χ0v) is 26.9. The average Bonchev–Trinajstić information content (AvgIpc) is 2.94. The van der Waals surface area contributed by atoms with Crippen molar-refractivity contribution in [1.29, 1.82) is 0 Å². The Morgan fingerprint density at radius 3 is 1.86 bits per heavy atom. The van der Waals surface area contributed by atoms with E-state index in [-0.39, 0.29) is 17.3 Å². The number of carbonyl (C=O) groups is 1. The first-order valence-electron chi connectivity index (χ1n) is 14.0. The van der Waals surface area contributed by atoms with Gasteiger partial charge < -0.3 is 5.73 Å². The van der Waals surface area contributed by atoms with Gasteiger partial charge in [0.05, 0.1) is 11.1 Å². The molecule has 0 saturated heterocycles. The van der Waals surface area contributed by atoms with E-state index in [9.17, 15) is 31.1 Å². The fourth-order valence-corrected chi connectivity index (χ4v) is 3.24. The summed E-state index contributed by atoms with van der Waals surface area (Å²) in [6.07, 6.45) is 7.07. The molecule has 0 saturated carbocycles. The van der Waals surface area contributed by atoms with Crippen LogP contribution in [0, 0.1) is 5.92 Å². The molecule has 0 spiro atoms. The van der Waals surface area contributed by atoms with E-state index in [2.05, 4.69) is 58.3 Å². The van der Waals surface area contributed by atoms with E-state index in [1.807, 2.05) is 12.2 Å². The van der Waals surface area contributed by atoms with Crippen molar-refractivity contribution in [3.63, 3.8) is 0 Å². The number of alkyl halides is 6. The van der Waals surface area contributed by atoms with E-state index in [1.54, 1.807) is 12.2 Å². The fraction of sp³-hybridized carbons (Fsp3) is 0.455. The number of amides is 1. The maximum Gasteiger partial charge on any atom is 0.416 e. The number of carbonyl (C=O) groups excluding carboxylic acids is 1. The lowest BCUT2D eigenvalue weighted by Gasteiger charge is -2.14. The third kappa shape index (κ3) is 18.3. The van der Waals surface area contributed by atoms with Crippen molar-refractivity contribution in [2.24, 2.45) is 16.6 Å². The quantitative estimate of drug-likeness (QED) is 0.0850. The van der Waals surface area contributed by atoms with Crippen LogP contribution in [-0.4, -0.2) is 18.7 Å². The number of halogens is 7. The summed E-state index contributed by atoms with van der Waals surface area (Å²) in [4.78, 5) is 15.2. The van der Waals surface area contributed by atoms with Crippen molar-refractivity contribution < 1.29 is 31.1 Å². The fourth-order valence-electron chi connectivity index (χ4n) is 3.12. The highest BCUT2D eigenvalue weighted by Gasteiger charge is 2.37. The molecular formula is C33H45ClF6N2O. The third-order valence-electron chi connectivity index (χ3n) is 5.84. The van der Waals surface area contributed by atoms with Crippen LogP contribution >= 0.6 is 11.6 Å². The zero-order chi connectivity index (χ0) is 33.8. The van der Waals surface area contributed by atoms with E-state index in [1.165, 1.54) is 26.8 Å². The molecular weight excluding hydrogens is 590 g/mol. The van der Waals surface area contributed by atoms with Crippen LogP contribution in [-0.2, 0) is 17.1 Å². The summed E-state index contributed by atoms with van der Waals surface area (Å²) < 4.78 is 75.0. The summed E-state index contributed by atoms with van der Waals surface area (Å²) in [6.45, 7) is 15.4. The zero-order valence-electron chi connectivity index (χ0n) is 26.1. The van der Waals surface area contributed by atoms with Crippen molar-refractivity contribution in [3.05, 3.63) is 94.1 Å². The van der Waals surface area contributed by atoms with Gasteiger partial charge in [-0.05, 0) is 68.0 Å². The molecule has 0 aromatic heterocycles. The van der Waals surface area contributed by atoms with Gasteiger partial charge >= 0.3 is 12.4 Å². The van der Waals surface area contributed by atoms with E-state index in [0.717, 1.165) is 24.8 Å². The lowest BCUT2D eigenvalue weighted by atomic mass is 9.97. The van der Waals surface area contributed by atoms with Gasteiger partial charge in [0, 0.05) is 23.4 Å². The maximum atomic E-state index is 12.5. The van der Waals surface area contributed by atoms with Crippen LogP contribution in [0.4, 0.5) is 26.3 Å². The van der Waals surface area contributed by atoms with Crippen LogP contribution in [0.2, 0.25) is 0 Å². The van der Waals surface area contributed by atoms with Gasteiger partial charge in [0.15, 0.2) is 0 Å².